The van der Waals surface area contributed by atoms with Gasteiger partial charge in [0.2, 0.25) is 0 Å². The first kappa shape index (κ1) is 18.3. The molecular formula is C21H17FN2O3. The third-order valence-corrected chi connectivity index (χ3v) is 4.04. The maximum absolute atomic E-state index is 13.7. The van der Waals surface area contributed by atoms with Crippen molar-refractivity contribution in [3.63, 3.8) is 0 Å². The van der Waals surface area contributed by atoms with Gasteiger partial charge in [0, 0.05) is 16.8 Å². The van der Waals surface area contributed by atoms with Crippen molar-refractivity contribution in [1.29, 1.82) is 0 Å². The van der Waals surface area contributed by atoms with Crippen molar-refractivity contribution in [1.82, 2.24) is 5.48 Å². The van der Waals surface area contributed by atoms with Gasteiger partial charge in [-0.2, -0.15) is 0 Å². The van der Waals surface area contributed by atoms with Crippen LogP contribution in [0.1, 0.15) is 26.3 Å². The smallest absolute Gasteiger partial charge is 0.274 e. The zero-order chi connectivity index (χ0) is 19.2. The first-order chi connectivity index (χ1) is 13.1. The third kappa shape index (κ3) is 4.37. The predicted molar refractivity (Wildman–Crippen MR) is 99.1 cm³/mol. The topological polar surface area (TPSA) is 69.6 Å². The van der Waals surface area contributed by atoms with Crippen LogP contribution in [0.5, 0.6) is 0 Å². The number of hydrogen-bond donors (Lipinski definition) is 2. The Labute approximate surface area is 155 Å². The number of nitrogens with one attached hydrogen (secondary N) is 1. The second kappa shape index (κ2) is 8.25. The highest BCUT2D eigenvalue weighted by Crippen LogP contribution is 2.21. The summed E-state index contributed by atoms with van der Waals surface area (Å²) >= 11 is 0. The number of anilines is 1. The average Bonchev–Trinajstić information content (AvgIpc) is 2.72. The van der Waals surface area contributed by atoms with Crippen LogP contribution >= 0.6 is 0 Å². The molecule has 0 unspecified atom stereocenters. The molecule has 3 aromatic carbocycles. The molecule has 0 aliphatic rings. The molecule has 0 aromatic heterocycles. The van der Waals surface area contributed by atoms with Crippen LogP contribution in [0, 0.1) is 5.82 Å². The number of halogens is 1. The Morgan fingerprint density at radius 2 is 1.59 bits per heavy atom. The molecule has 0 aliphatic heterocycles. The van der Waals surface area contributed by atoms with Gasteiger partial charge in [-0.25, -0.2) is 9.87 Å². The van der Waals surface area contributed by atoms with Crippen molar-refractivity contribution >= 4 is 17.5 Å². The molecule has 136 valence electrons. The van der Waals surface area contributed by atoms with Crippen LogP contribution < -0.4 is 10.4 Å². The normalized spacial score (nSPS) is 10.3. The molecule has 3 rings (SSSR count). The molecule has 6 heteroatoms. The summed E-state index contributed by atoms with van der Waals surface area (Å²) in [5.41, 5.74) is 3.52. The van der Waals surface area contributed by atoms with E-state index in [9.17, 15) is 14.0 Å². The summed E-state index contributed by atoms with van der Waals surface area (Å²) in [6, 6.07) is 21.0. The van der Waals surface area contributed by atoms with Crippen LogP contribution in [0.15, 0.2) is 78.9 Å². The van der Waals surface area contributed by atoms with Gasteiger partial charge in [-0.05, 0) is 48.0 Å². The van der Waals surface area contributed by atoms with E-state index < -0.39 is 11.7 Å². The Balaban J connectivity index is 1.92. The number of hydroxylamine groups is 1. The number of hydrogen-bond acceptors (Lipinski definition) is 3. The summed E-state index contributed by atoms with van der Waals surface area (Å²) in [7, 11) is 0. The van der Waals surface area contributed by atoms with E-state index in [0.29, 0.717) is 11.3 Å². The van der Waals surface area contributed by atoms with Gasteiger partial charge in [-0.1, -0.05) is 36.4 Å². The summed E-state index contributed by atoms with van der Waals surface area (Å²) in [6.45, 7) is 0.193. The SMILES string of the molecule is O=C(NO)c1ccc(CN(C(=O)c2ccccc2)c2cccc(F)c2)cc1. The van der Waals surface area contributed by atoms with Crippen LogP contribution in [0.3, 0.4) is 0 Å². The lowest BCUT2D eigenvalue weighted by atomic mass is 10.1. The molecule has 2 amide bonds. The average molecular weight is 364 g/mol. The summed E-state index contributed by atoms with van der Waals surface area (Å²) < 4.78 is 13.7. The van der Waals surface area contributed by atoms with Gasteiger partial charge in [-0.15, -0.1) is 0 Å². The maximum atomic E-state index is 13.7. The van der Waals surface area contributed by atoms with Gasteiger partial charge in [0.25, 0.3) is 11.8 Å². The second-order valence-corrected chi connectivity index (χ2v) is 5.88. The first-order valence-corrected chi connectivity index (χ1v) is 8.24. The van der Waals surface area contributed by atoms with Gasteiger partial charge in [0.15, 0.2) is 0 Å². The number of rotatable bonds is 5. The molecule has 0 atom stereocenters. The molecule has 0 fully saturated rings. The minimum Gasteiger partial charge on any atom is -0.304 e. The molecule has 3 aromatic rings. The highest BCUT2D eigenvalue weighted by molar-refractivity contribution is 6.06. The van der Waals surface area contributed by atoms with E-state index in [1.54, 1.807) is 54.0 Å². The van der Waals surface area contributed by atoms with Crippen molar-refractivity contribution in [3.05, 3.63) is 101 Å². The molecule has 0 saturated heterocycles. The number of carbonyl (C=O) groups excluding carboxylic acids is 2. The van der Waals surface area contributed by atoms with Crippen LogP contribution in [0.2, 0.25) is 0 Å². The van der Waals surface area contributed by atoms with Crippen LogP contribution in [0.25, 0.3) is 0 Å². The molecule has 0 spiro atoms. The van der Waals surface area contributed by atoms with E-state index in [0.717, 1.165) is 5.56 Å². The fourth-order valence-corrected chi connectivity index (χ4v) is 2.67. The van der Waals surface area contributed by atoms with Gasteiger partial charge in [-0.3, -0.25) is 14.8 Å². The van der Waals surface area contributed by atoms with Gasteiger partial charge >= 0.3 is 0 Å². The Hall–Kier alpha value is -3.51. The van der Waals surface area contributed by atoms with Crippen molar-refractivity contribution in [2.24, 2.45) is 0 Å². The van der Waals surface area contributed by atoms with Crippen molar-refractivity contribution < 1.29 is 19.2 Å². The van der Waals surface area contributed by atoms with Crippen LogP contribution in [-0.2, 0) is 6.54 Å². The van der Waals surface area contributed by atoms with Gasteiger partial charge < -0.3 is 4.90 Å². The Morgan fingerprint density at radius 3 is 2.22 bits per heavy atom. The largest absolute Gasteiger partial charge is 0.304 e. The van der Waals surface area contributed by atoms with E-state index >= 15 is 0 Å². The van der Waals surface area contributed by atoms with Crippen molar-refractivity contribution in [3.8, 4) is 0 Å². The molecule has 0 saturated carbocycles. The Morgan fingerprint density at radius 1 is 0.889 bits per heavy atom. The number of carbonyl (C=O) groups is 2. The zero-order valence-electron chi connectivity index (χ0n) is 14.3. The minimum atomic E-state index is -0.621. The van der Waals surface area contributed by atoms with Gasteiger partial charge in [0.1, 0.15) is 5.82 Å². The summed E-state index contributed by atoms with van der Waals surface area (Å²) in [5.74, 6) is -1.32. The molecule has 27 heavy (non-hydrogen) atoms. The molecule has 0 radical (unpaired) electrons. The zero-order valence-corrected chi connectivity index (χ0v) is 14.3. The number of nitrogens with zero attached hydrogens (tertiary/aromatic N) is 1. The summed E-state index contributed by atoms with van der Waals surface area (Å²) in [5, 5.41) is 8.69. The number of benzene rings is 3. The maximum Gasteiger partial charge on any atom is 0.274 e. The minimum absolute atomic E-state index is 0.193. The Kier molecular flexibility index (Phi) is 5.58. The van der Waals surface area contributed by atoms with E-state index in [2.05, 4.69) is 0 Å². The first-order valence-electron chi connectivity index (χ1n) is 8.24. The van der Waals surface area contributed by atoms with Gasteiger partial charge in [0.05, 0.1) is 6.54 Å². The van der Waals surface area contributed by atoms with E-state index in [4.69, 9.17) is 5.21 Å². The second-order valence-electron chi connectivity index (χ2n) is 5.88. The monoisotopic (exact) mass is 364 g/mol. The van der Waals surface area contributed by atoms with Crippen molar-refractivity contribution in [2.45, 2.75) is 6.54 Å². The van der Waals surface area contributed by atoms with Crippen LogP contribution in [0.4, 0.5) is 10.1 Å². The lowest BCUT2D eigenvalue weighted by Gasteiger charge is -2.23. The lowest BCUT2D eigenvalue weighted by Crippen LogP contribution is -2.30. The quantitative estimate of drug-likeness (QED) is 0.535. The lowest BCUT2D eigenvalue weighted by molar-refractivity contribution is 0.0706. The highest BCUT2D eigenvalue weighted by atomic mass is 19.1. The summed E-state index contributed by atoms with van der Waals surface area (Å²) in [4.78, 5) is 25.9. The molecule has 5 nitrogen and oxygen atoms in total. The van der Waals surface area contributed by atoms with Crippen molar-refractivity contribution in [2.75, 3.05) is 4.90 Å². The van der Waals surface area contributed by atoms with E-state index in [1.165, 1.54) is 29.2 Å². The molecule has 2 N–H and O–H groups in total. The highest BCUT2D eigenvalue weighted by Gasteiger charge is 2.18. The summed E-state index contributed by atoms with van der Waals surface area (Å²) in [6.07, 6.45) is 0. The van der Waals surface area contributed by atoms with E-state index in [1.807, 2.05) is 6.07 Å². The molecule has 0 aliphatic carbocycles. The molecule has 0 heterocycles. The van der Waals surface area contributed by atoms with E-state index in [-0.39, 0.29) is 18.0 Å². The molecule has 0 bridgehead atoms. The predicted octanol–water partition coefficient (Wildman–Crippen LogP) is 3.79. The standard InChI is InChI=1S/C21H17FN2O3/c22-18-7-4-8-19(13-18)24(21(26)17-5-2-1-3-6-17)14-15-9-11-16(12-10-15)20(25)23-27/h1-13,27H,14H2,(H,23,25). The Bertz CT molecular complexity index is 943. The number of amides is 2. The fourth-order valence-electron chi connectivity index (χ4n) is 2.67. The third-order valence-electron chi connectivity index (χ3n) is 4.04. The fraction of sp³-hybridized carbons (Fsp3) is 0.0476. The molecular weight excluding hydrogens is 347 g/mol. The van der Waals surface area contributed by atoms with Crippen LogP contribution in [-0.4, -0.2) is 17.0 Å².